The minimum atomic E-state index is 0.0813. The van der Waals surface area contributed by atoms with Gasteiger partial charge >= 0.3 is 0 Å². The van der Waals surface area contributed by atoms with Crippen molar-refractivity contribution in [3.05, 3.63) is 35.9 Å². The highest BCUT2D eigenvalue weighted by molar-refractivity contribution is 5.81. The van der Waals surface area contributed by atoms with Crippen LogP contribution in [0.25, 0.3) is 0 Å². The molecule has 112 valence electrons. The Hall–Kier alpha value is -1.31. The maximum absolute atomic E-state index is 6.33. The third-order valence-electron chi connectivity index (χ3n) is 6.42. The molecule has 2 aliphatic carbocycles. The Labute approximate surface area is 127 Å². The summed E-state index contributed by atoms with van der Waals surface area (Å²) >= 11 is 0. The van der Waals surface area contributed by atoms with Crippen LogP contribution in [0.1, 0.15) is 45.6 Å². The van der Waals surface area contributed by atoms with Gasteiger partial charge in [-0.2, -0.15) is 0 Å². The lowest BCUT2D eigenvalue weighted by Crippen LogP contribution is -2.41. The van der Waals surface area contributed by atoms with E-state index in [0.717, 1.165) is 18.2 Å². The van der Waals surface area contributed by atoms with Crippen LogP contribution in [0.5, 0.6) is 0 Å². The zero-order valence-corrected chi connectivity index (χ0v) is 13.3. The first-order valence-electron chi connectivity index (χ1n) is 8.33. The predicted octanol–water partition coefficient (Wildman–Crippen LogP) is 4.24. The Balaban J connectivity index is 1.58. The number of ether oxygens (including phenoxy) is 1. The molecule has 0 N–H and O–H groups in total. The molecule has 1 aromatic rings. The Morgan fingerprint density at radius 2 is 2.05 bits per heavy atom. The first-order valence-corrected chi connectivity index (χ1v) is 8.33. The molecular weight excluding hydrogens is 258 g/mol. The molecule has 2 heteroatoms. The quantitative estimate of drug-likeness (QED) is 0.813. The lowest BCUT2D eigenvalue weighted by Gasteiger charge is -2.33. The first-order chi connectivity index (χ1) is 10.0. The van der Waals surface area contributed by atoms with E-state index in [1.54, 1.807) is 0 Å². The fraction of sp³-hybridized carbons (Fsp3) is 0.632. The molecule has 0 saturated heterocycles. The predicted molar refractivity (Wildman–Crippen MR) is 85.5 cm³/mol. The molecule has 1 aromatic carbocycles. The molecule has 1 spiro atoms. The molecular formula is C19H25NO. The Morgan fingerprint density at radius 3 is 2.71 bits per heavy atom. The number of nitrogens with zero attached hydrogens (tertiary/aromatic N) is 1. The van der Waals surface area contributed by atoms with Crippen LogP contribution >= 0.6 is 0 Å². The Bertz CT molecular complexity index is 576. The minimum Gasteiger partial charge on any atom is -0.475 e. The number of rotatable bonds is 3. The third-order valence-corrected chi connectivity index (χ3v) is 6.42. The van der Waals surface area contributed by atoms with Crippen LogP contribution in [0.3, 0.4) is 0 Å². The smallest absolute Gasteiger partial charge is 0.187 e. The SMILES string of the molecule is C[C@@H](Cc1ccccc1)C1=N[C@]23CC[C@H](C[C@H]2O1)C3(C)C. The van der Waals surface area contributed by atoms with Crippen molar-refractivity contribution < 1.29 is 4.74 Å². The summed E-state index contributed by atoms with van der Waals surface area (Å²) in [7, 11) is 0. The van der Waals surface area contributed by atoms with Gasteiger partial charge in [0.2, 0.25) is 0 Å². The molecule has 2 bridgehead atoms. The van der Waals surface area contributed by atoms with Crippen LogP contribution in [0.4, 0.5) is 0 Å². The molecule has 21 heavy (non-hydrogen) atoms. The maximum Gasteiger partial charge on any atom is 0.187 e. The van der Waals surface area contributed by atoms with E-state index < -0.39 is 0 Å². The van der Waals surface area contributed by atoms with E-state index in [0.29, 0.717) is 17.4 Å². The number of hydrogen-bond donors (Lipinski definition) is 0. The maximum atomic E-state index is 6.33. The topological polar surface area (TPSA) is 21.6 Å². The van der Waals surface area contributed by atoms with Crippen molar-refractivity contribution in [3.63, 3.8) is 0 Å². The number of benzene rings is 1. The highest BCUT2D eigenvalue weighted by Gasteiger charge is 2.68. The molecule has 2 nitrogen and oxygen atoms in total. The van der Waals surface area contributed by atoms with Gasteiger partial charge in [-0.05, 0) is 42.6 Å². The monoisotopic (exact) mass is 283 g/mol. The highest BCUT2D eigenvalue weighted by Crippen LogP contribution is 2.64. The summed E-state index contributed by atoms with van der Waals surface area (Å²) in [6, 6.07) is 10.7. The van der Waals surface area contributed by atoms with Crippen molar-refractivity contribution in [1.82, 2.24) is 0 Å². The average molecular weight is 283 g/mol. The zero-order valence-electron chi connectivity index (χ0n) is 13.3. The highest BCUT2D eigenvalue weighted by atomic mass is 16.5. The van der Waals surface area contributed by atoms with E-state index in [1.165, 1.54) is 24.8 Å². The third kappa shape index (κ3) is 1.74. The number of hydrogen-bond acceptors (Lipinski definition) is 2. The fourth-order valence-corrected chi connectivity index (χ4v) is 4.94. The average Bonchev–Trinajstić information content (AvgIpc) is 3.04. The molecule has 4 atom stereocenters. The summed E-state index contributed by atoms with van der Waals surface area (Å²) < 4.78 is 6.33. The molecule has 2 fully saturated rings. The largest absolute Gasteiger partial charge is 0.475 e. The van der Waals surface area contributed by atoms with Crippen molar-refractivity contribution in [2.24, 2.45) is 22.2 Å². The van der Waals surface area contributed by atoms with Crippen LogP contribution in [0, 0.1) is 17.3 Å². The van der Waals surface area contributed by atoms with Crippen LogP contribution in [-0.2, 0) is 11.2 Å². The normalized spacial score (nSPS) is 37.0. The van der Waals surface area contributed by atoms with E-state index >= 15 is 0 Å². The van der Waals surface area contributed by atoms with Gasteiger partial charge in [-0.3, -0.25) is 0 Å². The first kappa shape index (κ1) is 13.4. The van der Waals surface area contributed by atoms with E-state index in [-0.39, 0.29) is 5.54 Å². The molecule has 4 rings (SSSR count). The Morgan fingerprint density at radius 1 is 1.29 bits per heavy atom. The second-order valence-electron chi connectivity index (χ2n) is 7.76. The summed E-state index contributed by atoms with van der Waals surface area (Å²) in [5.74, 6) is 2.19. The van der Waals surface area contributed by atoms with Gasteiger partial charge in [-0.25, -0.2) is 4.99 Å². The summed E-state index contributed by atoms with van der Waals surface area (Å²) in [4.78, 5) is 5.19. The molecule has 3 aliphatic rings. The summed E-state index contributed by atoms with van der Waals surface area (Å²) in [5.41, 5.74) is 1.76. The summed E-state index contributed by atoms with van der Waals surface area (Å²) in [5, 5.41) is 0. The van der Waals surface area contributed by atoms with Crippen molar-refractivity contribution in [1.29, 1.82) is 0 Å². The van der Waals surface area contributed by atoms with E-state index in [9.17, 15) is 0 Å². The van der Waals surface area contributed by atoms with Gasteiger partial charge in [0.1, 0.15) is 11.6 Å². The zero-order chi connectivity index (χ0) is 14.7. The van der Waals surface area contributed by atoms with Crippen molar-refractivity contribution in [2.45, 2.75) is 58.1 Å². The molecule has 0 aromatic heterocycles. The molecule has 0 radical (unpaired) electrons. The second-order valence-corrected chi connectivity index (χ2v) is 7.76. The standard InChI is InChI=1S/C19H25NO/c1-13(11-14-7-5-4-6-8-14)17-20-19-10-9-15(18(19,2)3)12-16(19)21-17/h4-8,13,15-16H,9-12H2,1-3H3/t13-,15+,16+,19+/m0/s1. The lowest BCUT2D eigenvalue weighted by atomic mass is 9.76. The van der Waals surface area contributed by atoms with Crippen LogP contribution in [0.15, 0.2) is 35.3 Å². The van der Waals surface area contributed by atoms with Gasteiger partial charge in [0, 0.05) is 5.92 Å². The molecule has 1 aliphatic heterocycles. The Kier molecular flexibility index (Phi) is 2.76. The number of fused-ring (bicyclic) bond motifs is 1. The minimum absolute atomic E-state index is 0.0813. The van der Waals surface area contributed by atoms with Crippen LogP contribution < -0.4 is 0 Å². The molecule has 2 saturated carbocycles. The fourth-order valence-electron chi connectivity index (χ4n) is 4.94. The second kappa shape index (κ2) is 4.34. The molecule has 0 unspecified atom stereocenters. The molecule has 1 heterocycles. The van der Waals surface area contributed by atoms with Crippen LogP contribution in [-0.4, -0.2) is 17.5 Å². The summed E-state index contributed by atoms with van der Waals surface area (Å²) in [6.45, 7) is 7.06. The van der Waals surface area contributed by atoms with Crippen molar-refractivity contribution in [2.75, 3.05) is 0 Å². The van der Waals surface area contributed by atoms with E-state index in [1.807, 2.05) is 0 Å². The van der Waals surface area contributed by atoms with E-state index in [4.69, 9.17) is 9.73 Å². The molecule has 0 amide bonds. The van der Waals surface area contributed by atoms with Gasteiger partial charge in [0.05, 0.1) is 0 Å². The van der Waals surface area contributed by atoms with Gasteiger partial charge in [0.15, 0.2) is 5.90 Å². The van der Waals surface area contributed by atoms with Gasteiger partial charge in [-0.1, -0.05) is 51.1 Å². The lowest BCUT2D eigenvalue weighted by molar-refractivity contribution is 0.112. The van der Waals surface area contributed by atoms with Crippen molar-refractivity contribution in [3.8, 4) is 0 Å². The van der Waals surface area contributed by atoms with Gasteiger partial charge < -0.3 is 4.74 Å². The van der Waals surface area contributed by atoms with E-state index in [2.05, 4.69) is 51.1 Å². The number of aliphatic imine (C=N–C) groups is 1. The van der Waals surface area contributed by atoms with Gasteiger partial charge in [0.25, 0.3) is 0 Å². The summed E-state index contributed by atoms with van der Waals surface area (Å²) in [6.07, 6.45) is 5.12. The van der Waals surface area contributed by atoms with Crippen LogP contribution in [0.2, 0.25) is 0 Å². The van der Waals surface area contributed by atoms with Crippen molar-refractivity contribution >= 4 is 5.90 Å². The van der Waals surface area contributed by atoms with Gasteiger partial charge in [-0.15, -0.1) is 0 Å².